The molecule has 2 rings (SSSR count). The van der Waals surface area contributed by atoms with Crippen LogP contribution in [0.2, 0.25) is 5.02 Å². The number of hydrogen-bond donors (Lipinski definition) is 2. The summed E-state index contributed by atoms with van der Waals surface area (Å²) in [5.41, 5.74) is 0.704. The quantitative estimate of drug-likeness (QED) is 0.883. The number of hydrogen-bond acceptors (Lipinski definition) is 2. The number of rotatable bonds is 3. The lowest BCUT2D eigenvalue weighted by Crippen LogP contribution is -2.03. The van der Waals surface area contributed by atoms with E-state index in [9.17, 15) is 13.9 Å². The predicted molar refractivity (Wildman–Crippen MR) is 71.5 cm³/mol. The molecule has 0 spiro atoms. The second kappa shape index (κ2) is 5.45. The molecule has 5 heteroatoms. The van der Waals surface area contributed by atoms with Gasteiger partial charge in [-0.05, 0) is 30.7 Å². The molecule has 2 nitrogen and oxygen atoms in total. The number of aromatic hydroxyl groups is 1. The molecule has 0 unspecified atom stereocenters. The number of nitrogens with one attached hydrogen (secondary N) is 1. The van der Waals surface area contributed by atoms with E-state index < -0.39 is 11.6 Å². The van der Waals surface area contributed by atoms with Gasteiger partial charge in [0, 0.05) is 23.2 Å². The first-order valence-corrected chi connectivity index (χ1v) is 6.02. The maximum Gasteiger partial charge on any atom is 0.146 e. The molecule has 2 N–H and O–H groups in total. The van der Waals surface area contributed by atoms with Gasteiger partial charge in [0.05, 0.1) is 5.69 Å². The monoisotopic (exact) mass is 283 g/mol. The fourth-order valence-electron chi connectivity index (χ4n) is 1.69. The van der Waals surface area contributed by atoms with Gasteiger partial charge in [0.15, 0.2) is 0 Å². The highest BCUT2D eigenvalue weighted by molar-refractivity contribution is 6.31. The fraction of sp³-hybridized carbons (Fsp3) is 0.143. The third kappa shape index (κ3) is 2.96. The molecule has 0 aliphatic rings. The van der Waals surface area contributed by atoms with Crippen LogP contribution in [0, 0.1) is 18.6 Å². The van der Waals surface area contributed by atoms with E-state index in [0.29, 0.717) is 10.6 Å². The molecule has 0 saturated heterocycles. The summed E-state index contributed by atoms with van der Waals surface area (Å²) in [6, 6.07) is 6.90. The van der Waals surface area contributed by atoms with Crippen LogP contribution >= 0.6 is 11.6 Å². The maximum absolute atomic E-state index is 13.6. The average Bonchev–Trinajstić information content (AvgIpc) is 2.34. The van der Waals surface area contributed by atoms with Gasteiger partial charge in [-0.1, -0.05) is 17.7 Å². The molecule has 0 atom stereocenters. The van der Waals surface area contributed by atoms with Crippen molar-refractivity contribution in [2.45, 2.75) is 13.5 Å². The highest BCUT2D eigenvalue weighted by Crippen LogP contribution is 2.27. The van der Waals surface area contributed by atoms with E-state index in [-0.39, 0.29) is 23.5 Å². The lowest BCUT2D eigenvalue weighted by Gasteiger charge is -2.11. The van der Waals surface area contributed by atoms with E-state index in [0.717, 1.165) is 12.1 Å². The van der Waals surface area contributed by atoms with Crippen molar-refractivity contribution in [3.8, 4) is 5.75 Å². The summed E-state index contributed by atoms with van der Waals surface area (Å²) in [7, 11) is 0. The van der Waals surface area contributed by atoms with Crippen LogP contribution in [0.1, 0.15) is 11.1 Å². The van der Waals surface area contributed by atoms with Crippen LogP contribution in [-0.4, -0.2) is 5.11 Å². The Morgan fingerprint density at radius 3 is 2.63 bits per heavy atom. The lowest BCUT2D eigenvalue weighted by molar-refractivity contribution is 0.469. The minimum Gasteiger partial charge on any atom is -0.508 e. The second-order valence-corrected chi connectivity index (χ2v) is 4.58. The van der Waals surface area contributed by atoms with E-state index in [1.165, 1.54) is 13.0 Å². The first kappa shape index (κ1) is 13.6. The van der Waals surface area contributed by atoms with E-state index in [1.54, 1.807) is 12.1 Å². The molecular weight excluding hydrogens is 272 g/mol. The summed E-state index contributed by atoms with van der Waals surface area (Å²) in [6.07, 6.45) is 0. The summed E-state index contributed by atoms with van der Waals surface area (Å²) < 4.78 is 27.0. The average molecular weight is 284 g/mol. The normalized spacial score (nSPS) is 10.5. The number of phenolic OH excluding ortho intramolecular Hbond substituents is 1. The van der Waals surface area contributed by atoms with Crippen LogP contribution in [0.4, 0.5) is 14.5 Å². The zero-order valence-corrected chi connectivity index (χ0v) is 10.9. The first-order valence-electron chi connectivity index (χ1n) is 5.65. The zero-order chi connectivity index (χ0) is 14.0. The molecule has 0 saturated carbocycles. The highest BCUT2D eigenvalue weighted by Gasteiger charge is 2.10. The molecule has 0 fully saturated rings. The minimum absolute atomic E-state index is 0.00740. The molecule has 0 radical (unpaired) electrons. The molecule has 2 aromatic rings. The van der Waals surface area contributed by atoms with Crippen molar-refractivity contribution in [2.24, 2.45) is 0 Å². The van der Waals surface area contributed by atoms with Crippen LogP contribution in [-0.2, 0) is 6.54 Å². The van der Waals surface area contributed by atoms with Gasteiger partial charge in [-0.2, -0.15) is 0 Å². The second-order valence-electron chi connectivity index (χ2n) is 4.17. The number of aryl methyl sites for hydroxylation is 1. The molecule has 0 heterocycles. The van der Waals surface area contributed by atoms with Crippen molar-refractivity contribution in [3.63, 3.8) is 0 Å². The fourth-order valence-corrected chi connectivity index (χ4v) is 1.92. The number of halogens is 3. The van der Waals surface area contributed by atoms with Gasteiger partial charge in [-0.3, -0.25) is 0 Å². The zero-order valence-electron chi connectivity index (χ0n) is 10.2. The van der Waals surface area contributed by atoms with Gasteiger partial charge in [0.25, 0.3) is 0 Å². The van der Waals surface area contributed by atoms with Gasteiger partial charge >= 0.3 is 0 Å². The maximum atomic E-state index is 13.6. The summed E-state index contributed by atoms with van der Waals surface area (Å²) >= 11 is 5.92. The Hall–Kier alpha value is -1.81. The summed E-state index contributed by atoms with van der Waals surface area (Å²) in [4.78, 5) is 0. The highest BCUT2D eigenvalue weighted by atomic mass is 35.5. The smallest absolute Gasteiger partial charge is 0.146 e. The Balaban J connectivity index is 2.22. The number of phenols is 1. The van der Waals surface area contributed by atoms with E-state index in [2.05, 4.69) is 5.32 Å². The Bertz CT molecular complexity index is 596. The minimum atomic E-state index is -0.551. The summed E-state index contributed by atoms with van der Waals surface area (Å²) in [6.45, 7) is 1.59. The number of anilines is 1. The van der Waals surface area contributed by atoms with E-state index in [1.807, 2.05) is 0 Å². The third-order valence-electron chi connectivity index (χ3n) is 2.80. The van der Waals surface area contributed by atoms with Crippen molar-refractivity contribution < 1.29 is 13.9 Å². The molecular formula is C14H12ClF2NO. The number of benzene rings is 2. The largest absolute Gasteiger partial charge is 0.508 e. The van der Waals surface area contributed by atoms with Crippen LogP contribution in [0.25, 0.3) is 0 Å². The predicted octanol–water partition coefficient (Wildman–Crippen LogP) is 4.24. The summed E-state index contributed by atoms with van der Waals surface area (Å²) in [5.74, 6) is -1.04. The molecule has 0 aliphatic heterocycles. The Labute approximate surface area is 114 Å². The van der Waals surface area contributed by atoms with Crippen molar-refractivity contribution in [1.82, 2.24) is 0 Å². The van der Waals surface area contributed by atoms with Gasteiger partial charge in [0.1, 0.15) is 17.4 Å². The Kier molecular flexibility index (Phi) is 3.90. The molecule has 19 heavy (non-hydrogen) atoms. The molecule has 100 valence electrons. The Morgan fingerprint density at radius 2 is 1.95 bits per heavy atom. The molecule has 0 amide bonds. The molecule has 0 bridgehead atoms. The lowest BCUT2D eigenvalue weighted by atomic mass is 10.1. The van der Waals surface area contributed by atoms with E-state index >= 15 is 0 Å². The topological polar surface area (TPSA) is 32.3 Å². The van der Waals surface area contributed by atoms with Crippen molar-refractivity contribution in [1.29, 1.82) is 0 Å². The first-order chi connectivity index (χ1) is 8.99. The molecule has 2 aromatic carbocycles. The van der Waals surface area contributed by atoms with Crippen molar-refractivity contribution >= 4 is 17.3 Å². The van der Waals surface area contributed by atoms with Crippen molar-refractivity contribution in [2.75, 3.05) is 5.32 Å². The van der Waals surface area contributed by atoms with Crippen molar-refractivity contribution in [3.05, 3.63) is 58.1 Å². The third-order valence-corrected chi connectivity index (χ3v) is 3.15. The van der Waals surface area contributed by atoms with Gasteiger partial charge in [-0.15, -0.1) is 0 Å². The van der Waals surface area contributed by atoms with Crippen LogP contribution in [0.5, 0.6) is 5.75 Å². The molecule has 0 aliphatic carbocycles. The van der Waals surface area contributed by atoms with E-state index in [4.69, 9.17) is 11.6 Å². The standard InChI is InChI=1S/C14H12ClF2NO/c1-8-5-12(17)13(6-11(8)16)18-7-9-10(15)3-2-4-14(9)19/h2-6,18-19H,7H2,1H3. The van der Waals surface area contributed by atoms with Gasteiger partial charge in [-0.25, -0.2) is 8.78 Å². The van der Waals surface area contributed by atoms with Gasteiger partial charge < -0.3 is 10.4 Å². The van der Waals surface area contributed by atoms with Crippen LogP contribution in [0.3, 0.4) is 0 Å². The van der Waals surface area contributed by atoms with Crippen LogP contribution < -0.4 is 5.32 Å². The summed E-state index contributed by atoms with van der Waals surface area (Å²) in [5, 5.41) is 12.7. The van der Waals surface area contributed by atoms with Gasteiger partial charge in [0.2, 0.25) is 0 Å². The molecule has 0 aromatic heterocycles. The van der Waals surface area contributed by atoms with Crippen LogP contribution in [0.15, 0.2) is 30.3 Å². The Morgan fingerprint density at radius 1 is 1.21 bits per heavy atom. The SMILES string of the molecule is Cc1cc(F)c(NCc2c(O)cccc2Cl)cc1F.